The van der Waals surface area contributed by atoms with Crippen molar-refractivity contribution in [2.75, 3.05) is 20.3 Å². The second-order valence-electron chi connectivity index (χ2n) is 18.8. The molecule has 16 nitrogen and oxygen atoms in total. The molecule has 4 saturated carbocycles. The molecule has 22 heteroatoms. The van der Waals surface area contributed by atoms with Crippen LogP contribution in [0.1, 0.15) is 115 Å². The summed E-state index contributed by atoms with van der Waals surface area (Å²) >= 11 is 0. The Morgan fingerprint density at radius 1 is 0.652 bits per heavy atom. The highest BCUT2D eigenvalue weighted by atomic mass is 19.4. The van der Waals surface area contributed by atoms with Gasteiger partial charge in [-0.1, -0.05) is 26.3 Å². The minimum Gasteiger partial charge on any atom is -0.466 e. The monoisotopic (exact) mass is 1000 g/mol. The average molecular weight is 1000 g/mol. The highest BCUT2D eigenvalue weighted by Crippen LogP contribution is 2.59. The summed E-state index contributed by atoms with van der Waals surface area (Å²) in [6.07, 6.45) is -9.88. The van der Waals surface area contributed by atoms with Crippen molar-refractivity contribution in [1.82, 2.24) is 0 Å². The Balaban J connectivity index is 0.00000101. The fourth-order valence-corrected chi connectivity index (χ4v) is 6.41. The standard InChI is InChI=1S/C21H25F3O7.C10H18O3.C9H14O4.C7H9F3O2/c1-11(2)16(26)29-4-5-30-17(27)19(3,21(22,23)24)31-18(28)20-8-12-6-13(9-20)15(25)14(7-12)10-20;1-7(2)8(11)13-10(5,6)9(3,4)12;1-6(2)7(10)13-9(3,4)8(11)12-5;1-4(2)6(11)12-5(3)7(8,9)10/h12-14H,1,4-10H2,2-3H3;12H,1H2,2-6H3;1H2,2-5H3;5H,1H2,2-3H3. The lowest BCUT2D eigenvalue weighted by molar-refractivity contribution is -0.271. The number of rotatable bonds is 15. The number of ether oxygens (including phenoxy) is 7. The van der Waals surface area contributed by atoms with E-state index < -0.39 is 101 Å². The molecule has 4 atom stereocenters. The molecule has 4 bridgehead atoms. The molecule has 4 aliphatic rings. The third-order valence-corrected chi connectivity index (χ3v) is 11.2. The zero-order valence-electron chi connectivity index (χ0n) is 41.4. The van der Waals surface area contributed by atoms with Crippen molar-refractivity contribution in [2.24, 2.45) is 23.2 Å². The highest BCUT2D eigenvalue weighted by Gasteiger charge is 2.66. The van der Waals surface area contributed by atoms with E-state index in [2.05, 4.69) is 45.3 Å². The van der Waals surface area contributed by atoms with Gasteiger partial charge in [-0.25, -0.2) is 28.8 Å². The van der Waals surface area contributed by atoms with Gasteiger partial charge >= 0.3 is 54.1 Å². The minimum absolute atomic E-state index is 0.0499. The van der Waals surface area contributed by atoms with Gasteiger partial charge < -0.3 is 38.3 Å². The van der Waals surface area contributed by atoms with Crippen LogP contribution in [0.5, 0.6) is 0 Å². The number of halogens is 6. The van der Waals surface area contributed by atoms with Gasteiger partial charge in [0, 0.05) is 34.1 Å². The van der Waals surface area contributed by atoms with E-state index in [1.165, 1.54) is 41.7 Å². The third-order valence-electron chi connectivity index (χ3n) is 11.2. The van der Waals surface area contributed by atoms with E-state index in [1.54, 1.807) is 34.6 Å². The lowest BCUT2D eigenvalue weighted by Crippen LogP contribution is -2.59. The van der Waals surface area contributed by atoms with Crippen LogP contribution in [0.3, 0.4) is 0 Å². The summed E-state index contributed by atoms with van der Waals surface area (Å²) in [6, 6.07) is 0. The first-order chi connectivity index (χ1) is 30.9. The Bertz CT molecular complexity index is 1970. The SMILES string of the molecule is C=C(C)C(=O)OC(C)(C)C(=O)OC.C=C(C)C(=O)OC(C)(C)C(C)(C)O.C=C(C)C(=O)OC(C)C(F)(F)F.C=C(C)C(=O)OCCOC(=O)C(C)(OC(=O)C12CC3CC(C1)C(=O)C(C3)C2)C(F)(F)F. The van der Waals surface area contributed by atoms with Crippen LogP contribution in [0.4, 0.5) is 26.3 Å². The van der Waals surface area contributed by atoms with Crippen molar-refractivity contribution in [3.8, 4) is 0 Å². The summed E-state index contributed by atoms with van der Waals surface area (Å²) in [7, 11) is 1.23. The van der Waals surface area contributed by atoms with Gasteiger partial charge in [-0.2, -0.15) is 26.3 Å². The molecular weight excluding hydrogens is 934 g/mol. The predicted octanol–water partition coefficient (Wildman–Crippen LogP) is 7.68. The number of Topliss-reactive ketones (excluding diaryl/α,β-unsaturated/α-hetero) is 1. The van der Waals surface area contributed by atoms with E-state index >= 15 is 0 Å². The summed E-state index contributed by atoms with van der Waals surface area (Å²) in [6.45, 7) is 28.6. The highest BCUT2D eigenvalue weighted by molar-refractivity contribution is 5.92. The van der Waals surface area contributed by atoms with E-state index in [1.807, 2.05) is 0 Å². The maximum absolute atomic E-state index is 13.8. The first-order valence-corrected chi connectivity index (χ1v) is 21.3. The Morgan fingerprint density at radius 2 is 1.07 bits per heavy atom. The molecule has 0 spiro atoms. The summed E-state index contributed by atoms with van der Waals surface area (Å²) < 4.78 is 109. The van der Waals surface area contributed by atoms with Gasteiger partial charge in [-0.15, -0.1) is 0 Å². The van der Waals surface area contributed by atoms with Crippen molar-refractivity contribution < 1.29 is 103 Å². The number of esters is 7. The van der Waals surface area contributed by atoms with Crippen molar-refractivity contribution in [2.45, 2.75) is 156 Å². The molecule has 0 amide bonds. The first kappa shape index (κ1) is 63.5. The second-order valence-corrected chi connectivity index (χ2v) is 18.8. The van der Waals surface area contributed by atoms with Crippen LogP contribution in [0.15, 0.2) is 48.6 Å². The largest absolute Gasteiger partial charge is 0.466 e. The quantitative estimate of drug-likeness (QED) is 0.0546. The lowest BCUT2D eigenvalue weighted by Gasteiger charge is -2.54. The van der Waals surface area contributed by atoms with E-state index in [4.69, 9.17) is 14.2 Å². The van der Waals surface area contributed by atoms with Gasteiger partial charge in [-0.05, 0) is 121 Å². The Morgan fingerprint density at radius 3 is 1.45 bits per heavy atom. The minimum atomic E-state index is -5.23. The van der Waals surface area contributed by atoms with Crippen molar-refractivity contribution in [1.29, 1.82) is 0 Å². The number of methoxy groups -OCH3 is 1. The van der Waals surface area contributed by atoms with Crippen LogP contribution in [-0.4, -0.2) is 114 Å². The molecule has 0 radical (unpaired) electrons. The zero-order valence-corrected chi connectivity index (χ0v) is 41.4. The summed E-state index contributed by atoms with van der Waals surface area (Å²) in [5, 5.41) is 9.67. The van der Waals surface area contributed by atoms with E-state index in [0.29, 0.717) is 31.8 Å². The summed E-state index contributed by atoms with van der Waals surface area (Å²) in [4.78, 5) is 92.6. The number of carbonyl (C=O) groups excluding carboxylic acids is 8. The normalized spacial score (nSPS) is 20.6. The fourth-order valence-electron chi connectivity index (χ4n) is 6.41. The maximum Gasteiger partial charge on any atom is 0.439 e. The molecule has 0 aromatic rings. The number of ketones is 1. The van der Waals surface area contributed by atoms with Gasteiger partial charge in [0.1, 0.15) is 24.6 Å². The van der Waals surface area contributed by atoms with Gasteiger partial charge in [0.05, 0.1) is 18.1 Å². The van der Waals surface area contributed by atoms with Crippen LogP contribution >= 0.6 is 0 Å². The summed E-state index contributed by atoms with van der Waals surface area (Å²) in [5.74, 6) is -6.93. The Hall–Kier alpha value is -5.54. The smallest absolute Gasteiger partial charge is 0.439 e. The molecule has 0 aliphatic heterocycles. The molecule has 0 aromatic heterocycles. The zero-order chi connectivity index (χ0) is 54.6. The molecule has 0 saturated heterocycles. The first-order valence-electron chi connectivity index (χ1n) is 21.3. The molecular formula is C47H66F6O16. The van der Waals surface area contributed by atoms with Crippen molar-refractivity contribution in [3.05, 3.63) is 48.6 Å². The van der Waals surface area contributed by atoms with Crippen LogP contribution in [0, 0.1) is 23.2 Å². The Kier molecular flexibility index (Phi) is 22.4. The van der Waals surface area contributed by atoms with Crippen LogP contribution in [0.25, 0.3) is 0 Å². The van der Waals surface area contributed by atoms with E-state index in [0.717, 1.165) is 6.92 Å². The molecule has 1 N–H and O–H groups in total. The molecule has 4 unspecified atom stereocenters. The summed E-state index contributed by atoms with van der Waals surface area (Å²) in [5.41, 5.74) is -7.34. The number of alkyl halides is 6. The van der Waals surface area contributed by atoms with Crippen LogP contribution < -0.4 is 0 Å². The number of hydrogen-bond acceptors (Lipinski definition) is 16. The fraction of sp³-hybridized carbons (Fsp3) is 0.660. The molecule has 392 valence electrons. The van der Waals surface area contributed by atoms with Crippen molar-refractivity contribution >= 4 is 47.6 Å². The van der Waals surface area contributed by atoms with Crippen LogP contribution in [-0.2, 0) is 71.5 Å². The molecule has 4 fully saturated rings. The van der Waals surface area contributed by atoms with E-state index in [9.17, 15) is 69.8 Å². The van der Waals surface area contributed by atoms with Gasteiger partial charge in [0.15, 0.2) is 6.10 Å². The maximum atomic E-state index is 13.8. The number of aliphatic hydroxyl groups is 1. The second kappa shape index (κ2) is 24.3. The lowest BCUT2D eigenvalue weighted by atomic mass is 9.49. The molecule has 0 aromatic carbocycles. The molecule has 4 rings (SSSR count). The molecule has 0 heterocycles. The topological polar surface area (TPSA) is 221 Å². The third kappa shape index (κ3) is 18.4. The van der Waals surface area contributed by atoms with Gasteiger partial charge in [-0.3, -0.25) is 9.59 Å². The predicted molar refractivity (Wildman–Crippen MR) is 233 cm³/mol. The van der Waals surface area contributed by atoms with Crippen LogP contribution in [0.2, 0.25) is 0 Å². The van der Waals surface area contributed by atoms with Crippen molar-refractivity contribution in [3.63, 3.8) is 0 Å². The molecule has 4 aliphatic carbocycles. The van der Waals surface area contributed by atoms with Gasteiger partial charge in [0.25, 0.3) is 5.60 Å². The van der Waals surface area contributed by atoms with E-state index in [-0.39, 0.29) is 53.1 Å². The van der Waals surface area contributed by atoms with Gasteiger partial charge in [0.2, 0.25) is 5.60 Å². The number of hydrogen-bond donors (Lipinski definition) is 1. The number of carbonyl (C=O) groups is 8. The molecule has 69 heavy (non-hydrogen) atoms. The average Bonchev–Trinajstić information content (AvgIpc) is 3.19. The Labute approximate surface area is 398 Å².